The minimum Gasteiger partial charge on any atom is -0.369 e. The molecule has 26 heavy (non-hydrogen) atoms. The van der Waals surface area contributed by atoms with Crippen molar-refractivity contribution in [2.24, 2.45) is 0 Å². The normalized spacial score (nSPS) is 16.3. The molecule has 3 rings (SSSR count). The molecule has 1 N–H and O–H groups in total. The predicted octanol–water partition coefficient (Wildman–Crippen LogP) is 3.48. The van der Waals surface area contributed by atoms with Gasteiger partial charge in [0.1, 0.15) is 5.82 Å². The number of carbonyl (C=O) groups excluding carboxylic acids is 1. The molecule has 1 heterocycles. The third-order valence-electron chi connectivity index (χ3n) is 4.66. The fourth-order valence-corrected chi connectivity index (χ4v) is 3.36. The molecule has 1 atom stereocenters. The Kier molecular flexibility index (Phi) is 6.12. The van der Waals surface area contributed by atoms with Gasteiger partial charge in [-0.25, -0.2) is 4.39 Å². The second kappa shape index (κ2) is 8.52. The first-order valence-corrected chi connectivity index (χ1v) is 9.17. The molecule has 2 aromatic rings. The van der Waals surface area contributed by atoms with Crippen LogP contribution in [0.15, 0.2) is 48.5 Å². The second-order valence-corrected chi connectivity index (χ2v) is 7.02. The van der Waals surface area contributed by atoms with Crippen molar-refractivity contribution < 1.29 is 9.18 Å². The van der Waals surface area contributed by atoms with Gasteiger partial charge in [0.15, 0.2) is 0 Å². The molecule has 4 nitrogen and oxygen atoms in total. The predicted molar refractivity (Wildman–Crippen MR) is 103 cm³/mol. The van der Waals surface area contributed by atoms with Crippen LogP contribution in [0.1, 0.15) is 18.5 Å². The van der Waals surface area contributed by atoms with Gasteiger partial charge < -0.3 is 10.2 Å². The number of hydrogen-bond acceptors (Lipinski definition) is 3. The SMILES string of the molecule is CC(NC(=O)CN1CCN(c2ccc(F)cc2)CC1)c1cccc(Cl)c1. The number of halogens is 2. The molecule has 0 spiro atoms. The smallest absolute Gasteiger partial charge is 0.234 e. The Morgan fingerprint density at radius 3 is 2.50 bits per heavy atom. The zero-order valence-corrected chi connectivity index (χ0v) is 15.5. The molecule has 1 aliphatic rings. The Morgan fingerprint density at radius 2 is 1.85 bits per heavy atom. The Morgan fingerprint density at radius 1 is 1.15 bits per heavy atom. The first kappa shape index (κ1) is 18.7. The molecule has 0 bridgehead atoms. The lowest BCUT2D eigenvalue weighted by Gasteiger charge is -2.35. The average molecular weight is 376 g/mol. The molecule has 0 aromatic heterocycles. The largest absolute Gasteiger partial charge is 0.369 e. The number of nitrogens with zero attached hydrogens (tertiary/aromatic N) is 2. The number of carbonyl (C=O) groups is 1. The van der Waals surface area contributed by atoms with Gasteiger partial charge >= 0.3 is 0 Å². The van der Waals surface area contributed by atoms with Gasteiger partial charge in [0.25, 0.3) is 0 Å². The molecule has 2 aromatic carbocycles. The van der Waals surface area contributed by atoms with Crippen molar-refractivity contribution in [3.63, 3.8) is 0 Å². The van der Waals surface area contributed by atoms with E-state index in [4.69, 9.17) is 11.6 Å². The summed E-state index contributed by atoms with van der Waals surface area (Å²) in [7, 11) is 0. The van der Waals surface area contributed by atoms with E-state index in [1.165, 1.54) is 12.1 Å². The van der Waals surface area contributed by atoms with Crippen LogP contribution in [0.4, 0.5) is 10.1 Å². The molecule has 1 aliphatic heterocycles. The average Bonchev–Trinajstić information content (AvgIpc) is 2.63. The van der Waals surface area contributed by atoms with Crippen LogP contribution in [-0.2, 0) is 4.79 Å². The second-order valence-electron chi connectivity index (χ2n) is 6.58. The molecular formula is C20H23ClFN3O. The fourth-order valence-electron chi connectivity index (χ4n) is 3.17. The lowest BCUT2D eigenvalue weighted by Crippen LogP contribution is -2.49. The van der Waals surface area contributed by atoms with Crippen molar-refractivity contribution in [2.45, 2.75) is 13.0 Å². The Labute approximate surface area is 158 Å². The molecule has 0 radical (unpaired) electrons. The summed E-state index contributed by atoms with van der Waals surface area (Å²) >= 11 is 6.01. The zero-order valence-electron chi connectivity index (χ0n) is 14.8. The first-order chi connectivity index (χ1) is 12.5. The zero-order chi connectivity index (χ0) is 18.5. The van der Waals surface area contributed by atoms with Gasteiger partial charge in [-0.2, -0.15) is 0 Å². The number of nitrogens with one attached hydrogen (secondary N) is 1. The van der Waals surface area contributed by atoms with Gasteiger partial charge in [0.2, 0.25) is 5.91 Å². The molecule has 1 fully saturated rings. The van der Waals surface area contributed by atoms with Crippen molar-refractivity contribution in [3.05, 3.63) is 64.9 Å². The number of benzene rings is 2. The third-order valence-corrected chi connectivity index (χ3v) is 4.89. The first-order valence-electron chi connectivity index (χ1n) is 8.79. The summed E-state index contributed by atoms with van der Waals surface area (Å²) in [6, 6.07) is 14.0. The lowest BCUT2D eigenvalue weighted by molar-refractivity contribution is -0.123. The monoisotopic (exact) mass is 375 g/mol. The van der Waals surface area contributed by atoms with Gasteiger partial charge in [-0.3, -0.25) is 9.69 Å². The quantitative estimate of drug-likeness (QED) is 0.869. The van der Waals surface area contributed by atoms with Crippen LogP contribution in [0.2, 0.25) is 5.02 Å². The highest BCUT2D eigenvalue weighted by Crippen LogP contribution is 2.18. The van der Waals surface area contributed by atoms with Gasteiger partial charge in [0, 0.05) is 36.9 Å². The Balaban J connectivity index is 1.46. The molecule has 138 valence electrons. The van der Waals surface area contributed by atoms with Crippen LogP contribution in [-0.4, -0.2) is 43.5 Å². The fraction of sp³-hybridized carbons (Fsp3) is 0.350. The van der Waals surface area contributed by atoms with Gasteiger partial charge in [-0.15, -0.1) is 0 Å². The van der Waals surface area contributed by atoms with Crippen LogP contribution in [0.25, 0.3) is 0 Å². The number of amides is 1. The van der Waals surface area contributed by atoms with Crippen LogP contribution in [0.5, 0.6) is 0 Å². The summed E-state index contributed by atoms with van der Waals surface area (Å²) in [6.45, 7) is 5.58. The highest BCUT2D eigenvalue weighted by molar-refractivity contribution is 6.30. The highest BCUT2D eigenvalue weighted by atomic mass is 35.5. The van der Waals surface area contributed by atoms with E-state index in [0.717, 1.165) is 37.4 Å². The van der Waals surface area contributed by atoms with Crippen molar-refractivity contribution >= 4 is 23.2 Å². The van der Waals surface area contributed by atoms with Crippen LogP contribution < -0.4 is 10.2 Å². The molecule has 0 aliphatic carbocycles. The topological polar surface area (TPSA) is 35.6 Å². The standard InChI is InChI=1S/C20H23ClFN3O/c1-15(16-3-2-4-17(21)13-16)23-20(26)14-24-9-11-25(12-10-24)19-7-5-18(22)6-8-19/h2-8,13,15H,9-12,14H2,1H3,(H,23,26). The minimum atomic E-state index is -0.224. The summed E-state index contributed by atoms with van der Waals surface area (Å²) in [5.74, 6) is -0.217. The van der Waals surface area contributed by atoms with Gasteiger partial charge in [-0.05, 0) is 48.9 Å². The summed E-state index contributed by atoms with van der Waals surface area (Å²) < 4.78 is 13.0. The molecular weight excluding hydrogens is 353 g/mol. The summed E-state index contributed by atoms with van der Waals surface area (Å²) in [4.78, 5) is 16.7. The highest BCUT2D eigenvalue weighted by Gasteiger charge is 2.20. The van der Waals surface area contributed by atoms with Crippen LogP contribution in [0.3, 0.4) is 0 Å². The molecule has 6 heteroatoms. The number of anilines is 1. The third kappa shape index (κ3) is 4.96. The molecule has 0 saturated carbocycles. The van der Waals surface area contributed by atoms with Crippen LogP contribution >= 0.6 is 11.6 Å². The van der Waals surface area contributed by atoms with Gasteiger partial charge in [-0.1, -0.05) is 23.7 Å². The maximum Gasteiger partial charge on any atom is 0.234 e. The maximum absolute atomic E-state index is 13.0. The van der Waals surface area contributed by atoms with Gasteiger partial charge in [0.05, 0.1) is 12.6 Å². The van der Waals surface area contributed by atoms with E-state index in [-0.39, 0.29) is 17.8 Å². The van der Waals surface area contributed by atoms with Crippen molar-refractivity contribution in [1.29, 1.82) is 0 Å². The number of rotatable bonds is 5. The van der Waals surface area contributed by atoms with E-state index in [2.05, 4.69) is 15.1 Å². The van der Waals surface area contributed by atoms with E-state index in [1.54, 1.807) is 12.1 Å². The summed E-state index contributed by atoms with van der Waals surface area (Å²) in [5.41, 5.74) is 2.01. The van der Waals surface area contributed by atoms with Crippen molar-refractivity contribution in [1.82, 2.24) is 10.2 Å². The molecule has 1 amide bonds. The Bertz CT molecular complexity index is 745. The molecule has 1 unspecified atom stereocenters. The van der Waals surface area contributed by atoms with E-state index in [0.29, 0.717) is 11.6 Å². The number of hydrogen-bond donors (Lipinski definition) is 1. The number of piperazine rings is 1. The van der Waals surface area contributed by atoms with Crippen molar-refractivity contribution in [2.75, 3.05) is 37.6 Å². The summed E-state index contributed by atoms with van der Waals surface area (Å²) in [5, 5.41) is 3.69. The van der Waals surface area contributed by atoms with E-state index < -0.39 is 0 Å². The van der Waals surface area contributed by atoms with E-state index in [9.17, 15) is 9.18 Å². The van der Waals surface area contributed by atoms with E-state index >= 15 is 0 Å². The summed E-state index contributed by atoms with van der Waals surface area (Å²) in [6.07, 6.45) is 0. The van der Waals surface area contributed by atoms with Crippen LogP contribution in [0, 0.1) is 5.82 Å². The maximum atomic E-state index is 13.0. The van der Waals surface area contributed by atoms with E-state index in [1.807, 2.05) is 31.2 Å². The van der Waals surface area contributed by atoms with Crippen molar-refractivity contribution in [3.8, 4) is 0 Å². The Hall–Kier alpha value is -2.11. The minimum absolute atomic E-state index is 0.00714. The lowest BCUT2D eigenvalue weighted by atomic mass is 10.1. The molecule has 1 saturated heterocycles.